The van der Waals surface area contributed by atoms with Crippen molar-refractivity contribution in [1.82, 2.24) is 0 Å². The van der Waals surface area contributed by atoms with E-state index in [1.165, 1.54) is 18.4 Å². The molecule has 1 nitrogen and oxygen atoms in total. The van der Waals surface area contributed by atoms with Crippen molar-refractivity contribution < 1.29 is 5.11 Å². The SMILES string of the molecule is C=CC(C)c1cccc(O)c1C1CC1. The molecule has 1 unspecified atom stereocenters. The van der Waals surface area contributed by atoms with Crippen molar-refractivity contribution in [2.45, 2.75) is 31.6 Å². The predicted molar refractivity (Wildman–Crippen MR) is 58.7 cm³/mol. The molecule has 0 aromatic heterocycles. The van der Waals surface area contributed by atoms with Gasteiger partial charge < -0.3 is 5.11 Å². The molecule has 0 amide bonds. The summed E-state index contributed by atoms with van der Waals surface area (Å²) in [5.74, 6) is 1.38. The first-order valence-electron chi connectivity index (χ1n) is 5.18. The molecule has 0 bridgehead atoms. The van der Waals surface area contributed by atoms with E-state index in [1.807, 2.05) is 12.1 Å². The van der Waals surface area contributed by atoms with Gasteiger partial charge in [0.2, 0.25) is 0 Å². The number of allylic oxidation sites excluding steroid dienone is 1. The first-order chi connectivity index (χ1) is 6.74. The maximum Gasteiger partial charge on any atom is 0.119 e. The maximum atomic E-state index is 9.81. The Morgan fingerprint density at radius 3 is 2.79 bits per heavy atom. The van der Waals surface area contributed by atoms with Crippen molar-refractivity contribution >= 4 is 0 Å². The van der Waals surface area contributed by atoms with Crippen LogP contribution in [0.15, 0.2) is 30.9 Å². The van der Waals surface area contributed by atoms with Crippen molar-refractivity contribution in [3.63, 3.8) is 0 Å². The van der Waals surface area contributed by atoms with Gasteiger partial charge >= 0.3 is 0 Å². The molecule has 2 rings (SSSR count). The summed E-state index contributed by atoms with van der Waals surface area (Å²) in [5.41, 5.74) is 2.39. The van der Waals surface area contributed by atoms with Crippen LogP contribution in [0.3, 0.4) is 0 Å². The van der Waals surface area contributed by atoms with Crippen LogP contribution in [0.4, 0.5) is 0 Å². The Labute approximate surface area is 85.1 Å². The number of hydrogen-bond acceptors (Lipinski definition) is 1. The molecule has 1 atom stereocenters. The number of phenolic OH excluding ortho intramolecular Hbond substituents is 1. The molecule has 0 heterocycles. The zero-order chi connectivity index (χ0) is 10.1. The standard InChI is InChI=1S/C13H16O/c1-3-9(2)11-5-4-6-12(14)13(11)10-7-8-10/h3-6,9-10,14H,1,7-8H2,2H3. The largest absolute Gasteiger partial charge is 0.508 e. The van der Waals surface area contributed by atoms with Crippen molar-refractivity contribution in [2.75, 3.05) is 0 Å². The Kier molecular flexibility index (Phi) is 2.32. The van der Waals surface area contributed by atoms with Gasteiger partial charge in [0.1, 0.15) is 5.75 Å². The van der Waals surface area contributed by atoms with Crippen molar-refractivity contribution in [3.05, 3.63) is 42.0 Å². The highest BCUT2D eigenvalue weighted by Crippen LogP contribution is 2.47. The van der Waals surface area contributed by atoms with Crippen LogP contribution in [0.1, 0.15) is 42.7 Å². The van der Waals surface area contributed by atoms with Gasteiger partial charge in [-0.25, -0.2) is 0 Å². The third kappa shape index (κ3) is 1.54. The minimum Gasteiger partial charge on any atom is -0.508 e. The zero-order valence-electron chi connectivity index (χ0n) is 8.53. The molecular formula is C13H16O. The highest BCUT2D eigenvalue weighted by molar-refractivity contribution is 5.46. The molecule has 1 aromatic carbocycles. The average Bonchev–Trinajstić information content (AvgIpc) is 3.00. The van der Waals surface area contributed by atoms with Crippen LogP contribution in [0, 0.1) is 0 Å². The molecule has 0 aliphatic heterocycles. The molecule has 1 saturated carbocycles. The van der Waals surface area contributed by atoms with Crippen LogP contribution in [0.5, 0.6) is 5.75 Å². The summed E-state index contributed by atoms with van der Waals surface area (Å²) >= 11 is 0. The highest BCUT2D eigenvalue weighted by atomic mass is 16.3. The summed E-state index contributed by atoms with van der Waals surface area (Å²) in [6.07, 6.45) is 4.36. The van der Waals surface area contributed by atoms with Gasteiger partial charge in [-0.05, 0) is 36.3 Å². The Hall–Kier alpha value is -1.24. The summed E-state index contributed by atoms with van der Waals surface area (Å²) in [6, 6.07) is 5.79. The monoisotopic (exact) mass is 188 g/mol. The topological polar surface area (TPSA) is 20.2 Å². The van der Waals surface area contributed by atoms with Crippen molar-refractivity contribution in [3.8, 4) is 5.75 Å². The number of benzene rings is 1. The van der Waals surface area contributed by atoms with Crippen molar-refractivity contribution in [2.24, 2.45) is 0 Å². The van der Waals surface area contributed by atoms with Gasteiger partial charge in [0.25, 0.3) is 0 Å². The second-order valence-electron chi connectivity index (χ2n) is 4.08. The minimum absolute atomic E-state index is 0.331. The van der Waals surface area contributed by atoms with Crippen LogP contribution in [-0.2, 0) is 0 Å². The van der Waals surface area contributed by atoms with Gasteiger partial charge in [-0.1, -0.05) is 25.1 Å². The fourth-order valence-electron chi connectivity index (χ4n) is 1.91. The Balaban J connectivity index is 2.46. The first kappa shape index (κ1) is 9.32. The molecule has 1 N–H and O–H groups in total. The summed E-state index contributed by atoms with van der Waals surface area (Å²) in [5, 5.41) is 9.81. The molecule has 1 aromatic rings. The molecule has 1 heteroatoms. The van der Waals surface area contributed by atoms with E-state index in [0.717, 1.165) is 5.56 Å². The van der Waals surface area contributed by atoms with E-state index in [0.29, 0.717) is 17.6 Å². The summed E-state index contributed by atoms with van der Waals surface area (Å²) in [7, 11) is 0. The summed E-state index contributed by atoms with van der Waals surface area (Å²) in [4.78, 5) is 0. The second kappa shape index (κ2) is 3.49. The Morgan fingerprint density at radius 2 is 2.21 bits per heavy atom. The number of hydrogen-bond donors (Lipinski definition) is 1. The fraction of sp³-hybridized carbons (Fsp3) is 0.385. The molecule has 0 radical (unpaired) electrons. The molecule has 14 heavy (non-hydrogen) atoms. The first-order valence-corrected chi connectivity index (χ1v) is 5.18. The van der Waals surface area contributed by atoms with Crippen molar-refractivity contribution in [1.29, 1.82) is 0 Å². The van der Waals surface area contributed by atoms with E-state index >= 15 is 0 Å². The molecule has 0 saturated heterocycles. The van der Waals surface area contributed by atoms with Gasteiger partial charge in [0, 0.05) is 5.56 Å². The zero-order valence-corrected chi connectivity index (χ0v) is 8.53. The van der Waals surface area contributed by atoms with Crippen LogP contribution in [0.2, 0.25) is 0 Å². The molecule has 74 valence electrons. The lowest BCUT2D eigenvalue weighted by Gasteiger charge is -2.14. The summed E-state index contributed by atoms with van der Waals surface area (Å²) < 4.78 is 0. The third-order valence-electron chi connectivity index (χ3n) is 2.95. The second-order valence-corrected chi connectivity index (χ2v) is 4.08. The lowest BCUT2D eigenvalue weighted by molar-refractivity contribution is 0.467. The minimum atomic E-state index is 0.331. The average molecular weight is 188 g/mol. The molecular weight excluding hydrogens is 172 g/mol. The molecule has 1 aliphatic carbocycles. The maximum absolute atomic E-state index is 9.81. The van der Waals surface area contributed by atoms with Gasteiger partial charge in [-0.15, -0.1) is 6.58 Å². The van der Waals surface area contributed by atoms with E-state index in [9.17, 15) is 5.11 Å². The Morgan fingerprint density at radius 1 is 1.50 bits per heavy atom. The lowest BCUT2D eigenvalue weighted by Crippen LogP contribution is -1.95. The van der Waals surface area contributed by atoms with E-state index in [-0.39, 0.29) is 0 Å². The smallest absolute Gasteiger partial charge is 0.119 e. The molecule has 0 spiro atoms. The van der Waals surface area contributed by atoms with Crippen LogP contribution >= 0.6 is 0 Å². The fourth-order valence-corrected chi connectivity index (χ4v) is 1.91. The van der Waals surface area contributed by atoms with Gasteiger partial charge in [0.05, 0.1) is 0 Å². The van der Waals surface area contributed by atoms with E-state index in [2.05, 4.69) is 19.6 Å². The van der Waals surface area contributed by atoms with Crippen LogP contribution < -0.4 is 0 Å². The van der Waals surface area contributed by atoms with E-state index in [4.69, 9.17) is 0 Å². The van der Waals surface area contributed by atoms with Crippen LogP contribution in [0.25, 0.3) is 0 Å². The predicted octanol–water partition coefficient (Wildman–Crippen LogP) is 3.56. The third-order valence-corrected chi connectivity index (χ3v) is 2.95. The number of rotatable bonds is 3. The number of phenols is 1. The van der Waals surface area contributed by atoms with E-state index < -0.39 is 0 Å². The highest BCUT2D eigenvalue weighted by Gasteiger charge is 2.29. The normalized spacial score (nSPS) is 17.8. The van der Waals surface area contributed by atoms with Gasteiger partial charge in [-0.2, -0.15) is 0 Å². The van der Waals surface area contributed by atoms with Gasteiger partial charge in [-0.3, -0.25) is 0 Å². The number of aromatic hydroxyl groups is 1. The molecule has 1 fully saturated rings. The lowest BCUT2D eigenvalue weighted by atomic mass is 9.92. The Bertz CT molecular complexity index is 350. The quantitative estimate of drug-likeness (QED) is 0.719. The molecule has 1 aliphatic rings. The van der Waals surface area contributed by atoms with E-state index in [1.54, 1.807) is 6.07 Å². The summed E-state index contributed by atoms with van der Waals surface area (Å²) in [6.45, 7) is 5.92. The van der Waals surface area contributed by atoms with Gasteiger partial charge in [0.15, 0.2) is 0 Å². The van der Waals surface area contributed by atoms with Crippen LogP contribution in [-0.4, -0.2) is 5.11 Å².